The summed E-state index contributed by atoms with van der Waals surface area (Å²) in [6, 6.07) is 15.9. The molecule has 0 saturated carbocycles. The number of sulfonamides is 1. The average Bonchev–Trinajstić information content (AvgIpc) is 2.68. The van der Waals surface area contributed by atoms with Crippen LogP contribution in [0.25, 0.3) is 6.08 Å². The molecule has 0 aliphatic carbocycles. The monoisotopic (exact) mass is 385 g/mol. The number of likely N-dealkylation sites (N-methyl/N-ethyl adjacent to an activating group) is 1. The minimum atomic E-state index is -3.56. The number of carbonyl (C=O) groups is 1. The van der Waals surface area contributed by atoms with Crippen molar-refractivity contribution in [2.24, 2.45) is 0 Å². The van der Waals surface area contributed by atoms with Crippen molar-refractivity contribution < 1.29 is 13.2 Å². The predicted octanol–water partition coefficient (Wildman–Crippen LogP) is 2.27. The summed E-state index contributed by atoms with van der Waals surface area (Å²) in [4.78, 5) is 14.4. The first-order valence-electron chi connectivity index (χ1n) is 8.78. The first-order chi connectivity index (χ1) is 12.9. The molecule has 0 unspecified atom stereocenters. The number of carbonyl (C=O) groups excluding carboxylic acids is 1. The van der Waals surface area contributed by atoms with E-state index in [1.807, 2.05) is 37.4 Å². The van der Waals surface area contributed by atoms with E-state index in [1.54, 1.807) is 24.3 Å². The van der Waals surface area contributed by atoms with E-state index >= 15 is 0 Å². The third kappa shape index (κ3) is 5.03. The van der Waals surface area contributed by atoms with Crippen LogP contribution in [0.15, 0.2) is 65.6 Å². The molecule has 1 aliphatic rings. The van der Waals surface area contributed by atoms with Gasteiger partial charge in [0.05, 0.1) is 4.90 Å². The largest absolute Gasteiger partial charge is 0.322 e. The molecule has 6 nitrogen and oxygen atoms in total. The summed E-state index contributed by atoms with van der Waals surface area (Å²) in [5.41, 5.74) is 1.37. The molecule has 1 heterocycles. The molecule has 0 spiro atoms. The molecular weight excluding hydrogens is 362 g/mol. The number of nitrogens with one attached hydrogen (secondary N) is 1. The van der Waals surface area contributed by atoms with Crippen LogP contribution in [0.3, 0.4) is 0 Å². The van der Waals surface area contributed by atoms with Gasteiger partial charge in [-0.1, -0.05) is 36.4 Å². The molecule has 1 fully saturated rings. The van der Waals surface area contributed by atoms with Gasteiger partial charge in [0.15, 0.2) is 0 Å². The number of nitrogens with zero attached hydrogens (tertiary/aromatic N) is 2. The molecule has 2 aromatic rings. The molecule has 1 N–H and O–H groups in total. The Kier molecular flexibility index (Phi) is 6.05. The van der Waals surface area contributed by atoms with Crippen molar-refractivity contribution in [1.82, 2.24) is 9.21 Å². The molecule has 1 saturated heterocycles. The average molecular weight is 385 g/mol. The molecule has 2 aromatic carbocycles. The highest BCUT2D eigenvalue weighted by atomic mass is 32.2. The summed E-state index contributed by atoms with van der Waals surface area (Å²) in [5.74, 6) is -0.312. The topological polar surface area (TPSA) is 69.7 Å². The molecule has 7 heteroatoms. The van der Waals surface area contributed by atoms with Gasteiger partial charge >= 0.3 is 0 Å². The Morgan fingerprint density at radius 1 is 1.00 bits per heavy atom. The van der Waals surface area contributed by atoms with E-state index < -0.39 is 10.0 Å². The summed E-state index contributed by atoms with van der Waals surface area (Å²) in [7, 11) is -1.59. The minimum absolute atomic E-state index is 0.192. The highest BCUT2D eigenvalue weighted by Gasteiger charge is 2.27. The van der Waals surface area contributed by atoms with Crippen LogP contribution in [0.5, 0.6) is 0 Å². The number of anilines is 1. The molecule has 0 radical (unpaired) electrons. The quantitative estimate of drug-likeness (QED) is 0.802. The van der Waals surface area contributed by atoms with Crippen LogP contribution in [-0.2, 0) is 14.8 Å². The van der Waals surface area contributed by atoms with Crippen LogP contribution < -0.4 is 5.32 Å². The number of rotatable bonds is 5. The lowest BCUT2D eigenvalue weighted by molar-refractivity contribution is -0.111. The van der Waals surface area contributed by atoms with E-state index in [9.17, 15) is 13.2 Å². The van der Waals surface area contributed by atoms with Crippen molar-refractivity contribution in [2.45, 2.75) is 4.90 Å². The number of benzene rings is 2. The summed E-state index contributed by atoms with van der Waals surface area (Å²) >= 11 is 0. The maximum Gasteiger partial charge on any atom is 0.248 e. The molecule has 142 valence electrons. The van der Waals surface area contributed by atoms with Gasteiger partial charge in [0.2, 0.25) is 15.9 Å². The van der Waals surface area contributed by atoms with Crippen molar-refractivity contribution in [1.29, 1.82) is 0 Å². The SMILES string of the molecule is CN1CCN(S(=O)(=O)c2cccc(NC(=O)/C=C/c3ccccc3)c2)CC1. The fraction of sp³-hybridized carbons (Fsp3) is 0.250. The maximum absolute atomic E-state index is 12.8. The van der Waals surface area contributed by atoms with Crippen LogP contribution in [0.1, 0.15) is 5.56 Å². The summed E-state index contributed by atoms with van der Waals surface area (Å²) in [6.45, 7) is 2.35. The summed E-state index contributed by atoms with van der Waals surface area (Å²) < 4.78 is 27.1. The number of hydrogen-bond donors (Lipinski definition) is 1. The molecule has 0 atom stereocenters. The lowest BCUT2D eigenvalue weighted by atomic mass is 10.2. The smallest absolute Gasteiger partial charge is 0.248 e. The molecule has 1 aliphatic heterocycles. The predicted molar refractivity (Wildman–Crippen MR) is 107 cm³/mol. The van der Waals surface area contributed by atoms with Gasteiger partial charge in [0.25, 0.3) is 0 Å². The first-order valence-corrected chi connectivity index (χ1v) is 10.2. The molecule has 3 rings (SSSR count). The Morgan fingerprint density at radius 3 is 2.41 bits per heavy atom. The zero-order chi connectivity index (χ0) is 19.3. The normalized spacial score (nSPS) is 16.5. The Balaban J connectivity index is 1.70. The van der Waals surface area contributed by atoms with Crippen molar-refractivity contribution in [3.63, 3.8) is 0 Å². The molecular formula is C20H23N3O3S. The summed E-state index contributed by atoms with van der Waals surface area (Å²) in [5, 5.41) is 2.72. The van der Waals surface area contributed by atoms with E-state index in [0.29, 0.717) is 31.9 Å². The lowest BCUT2D eigenvalue weighted by Crippen LogP contribution is -2.47. The van der Waals surface area contributed by atoms with E-state index in [-0.39, 0.29) is 10.8 Å². The molecule has 27 heavy (non-hydrogen) atoms. The van der Waals surface area contributed by atoms with E-state index in [4.69, 9.17) is 0 Å². The maximum atomic E-state index is 12.8. The van der Waals surface area contributed by atoms with Crippen LogP contribution >= 0.6 is 0 Å². The van der Waals surface area contributed by atoms with Crippen molar-refractivity contribution >= 4 is 27.7 Å². The van der Waals surface area contributed by atoms with Gasteiger partial charge < -0.3 is 10.2 Å². The van der Waals surface area contributed by atoms with Gasteiger partial charge in [-0.3, -0.25) is 4.79 Å². The standard InChI is InChI=1S/C20H23N3O3S/c1-22-12-14-23(15-13-22)27(25,26)19-9-5-8-18(16-19)21-20(24)11-10-17-6-3-2-4-7-17/h2-11,16H,12-15H2,1H3,(H,21,24)/b11-10+. The van der Waals surface area contributed by atoms with Crippen molar-refractivity contribution in [3.05, 3.63) is 66.2 Å². The third-order valence-corrected chi connectivity index (χ3v) is 6.32. The highest BCUT2D eigenvalue weighted by Crippen LogP contribution is 2.21. The zero-order valence-electron chi connectivity index (χ0n) is 15.2. The Labute approximate surface area is 160 Å². The number of amides is 1. The molecule has 0 bridgehead atoms. The van der Waals surface area contributed by atoms with Gasteiger partial charge in [-0.15, -0.1) is 0 Å². The van der Waals surface area contributed by atoms with Gasteiger partial charge in [0.1, 0.15) is 0 Å². The fourth-order valence-corrected chi connectivity index (χ4v) is 4.30. The second-order valence-corrected chi connectivity index (χ2v) is 8.41. The van der Waals surface area contributed by atoms with Crippen molar-refractivity contribution in [2.75, 3.05) is 38.5 Å². The molecule has 1 amide bonds. The van der Waals surface area contributed by atoms with E-state index in [0.717, 1.165) is 5.56 Å². The highest BCUT2D eigenvalue weighted by molar-refractivity contribution is 7.89. The third-order valence-electron chi connectivity index (χ3n) is 4.43. The fourth-order valence-electron chi connectivity index (χ4n) is 2.83. The molecule has 0 aromatic heterocycles. The second kappa shape index (κ2) is 8.47. The van der Waals surface area contributed by atoms with Crippen LogP contribution in [0.2, 0.25) is 0 Å². The van der Waals surface area contributed by atoms with Crippen LogP contribution in [-0.4, -0.2) is 56.8 Å². The Morgan fingerprint density at radius 2 is 1.70 bits per heavy atom. The van der Waals surface area contributed by atoms with Crippen molar-refractivity contribution in [3.8, 4) is 0 Å². The Bertz CT molecular complexity index is 918. The van der Waals surface area contributed by atoms with Crippen LogP contribution in [0, 0.1) is 0 Å². The minimum Gasteiger partial charge on any atom is -0.322 e. The Hall–Kier alpha value is -2.48. The van der Waals surface area contributed by atoms with Gasteiger partial charge in [0, 0.05) is 37.9 Å². The van der Waals surface area contributed by atoms with E-state index in [2.05, 4.69) is 10.2 Å². The number of piperazine rings is 1. The lowest BCUT2D eigenvalue weighted by Gasteiger charge is -2.31. The van der Waals surface area contributed by atoms with E-state index in [1.165, 1.54) is 16.4 Å². The second-order valence-electron chi connectivity index (χ2n) is 6.47. The zero-order valence-corrected chi connectivity index (χ0v) is 16.0. The van der Waals surface area contributed by atoms with Gasteiger partial charge in [-0.25, -0.2) is 8.42 Å². The number of hydrogen-bond acceptors (Lipinski definition) is 4. The van der Waals surface area contributed by atoms with Gasteiger partial charge in [-0.05, 0) is 36.9 Å². The first kappa shape index (κ1) is 19.3. The van der Waals surface area contributed by atoms with Gasteiger partial charge in [-0.2, -0.15) is 4.31 Å². The summed E-state index contributed by atoms with van der Waals surface area (Å²) in [6.07, 6.45) is 3.14. The van der Waals surface area contributed by atoms with Crippen LogP contribution in [0.4, 0.5) is 5.69 Å².